The smallest absolute Gasteiger partial charge is 0.271 e. The monoisotopic (exact) mass is 246 g/mol. The highest BCUT2D eigenvalue weighted by atomic mass is 35.5. The van der Waals surface area contributed by atoms with Gasteiger partial charge in [-0.05, 0) is 18.6 Å². The molecule has 3 nitrogen and oxygen atoms in total. The van der Waals surface area contributed by atoms with Gasteiger partial charge in [0.25, 0.3) is 5.91 Å². The van der Waals surface area contributed by atoms with Gasteiger partial charge in [-0.1, -0.05) is 36.5 Å². The van der Waals surface area contributed by atoms with Crippen molar-refractivity contribution in [3.8, 4) is 0 Å². The number of unbranched alkanes of at least 4 members (excludes halogenated alkanes) is 1. The number of nitrogens with one attached hydrogen (secondary N) is 1. The molecule has 0 radical (unpaired) electrons. The van der Waals surface area contributed by atoms with Crippen LogP contribution in [0.4, 0.5) is 0 Å². The average Bonchev–Trinajstić information content (AvgIpc) is 2.22. The number of nitrogens with zero attached hydrogens (tertiary/aromatic N) is 1. The van der Waals surface area contributed by atoms with Gasteiger partial charge in [-0.15, -0.1) is 0 Å². The van der Waals surface area contributed by atoms with Crippen LogP contribution in [0.15, 0.2) is 12.1 Å². The van der Waals surface area contributed by atoms with Crippen molar-refractivity contribution in [2.75, 3.05) is 6.54 Å². The fourth-order valence-corrected chi connectivity index (χ4v) is 1.38. The number of amides is 1. The molecule has 1 amide bonds. The molecule has 0 saturated carbocycles. The van der Waals surface area contributed by atoms with Gasteiger partial charge in [0.2, 0.25) is 0 Å². The molecular weight excluding hydrogens is 235 g/mol. The van der Waals surface area contributed by atoms with E-state index in [1.165, 1.54) is 0 Å². The zero-order valence-electron chi connectivity index (χ0n) is 8.39. The number of carbonyl (C=O) groups excluding carboxylic acids is 1. The van der Waals surface area contributed by atoms with E-state index in [2.05, 4.69) is 17.2 Å². The minimum absolute atomic E-state index is 0.181. The molecule has 0 aliphatic carbocycles. The quantitative estimate of drug-likeness (QED) is 0.656. The van der Waals surface area contributed by atoms with Crippen molar-refractivity contribution in [3.63, 3.8) is 0 Å². The van der Waals surface area contributed by atoms with Gasteiger partial charge >= 0.3 is 0 Å². The van der Waals surface area contributed by atoms with Crippen LogP contribution in [0.1, 0.15) is 30.3 Å². The minimum Gasteiger partial charge on any atom is -0.351 e. The van der Waals surface area contributed by atoms with E-state index in [4.69, 9.17) is 23.2 Å². The summed E-state index contributed by atoms with van der Waals surface area (Å²) in [7, 11) is 0. The van der Waals surface area contributed by atoms with Crippen molar-refractivity contribution in [2.45, 2.75) is 19.8 Å². The second-order valence-corrected chi connectivity index (χ2v) is 3.87. The predicted octanol–water partition coefficient (Wildman–Crippen LogP) is 2.92. The summed E-state index contributed by atoms with van der Waals surface area (Å²) in [5, 5.41) is 3.30. The van der Waals surface area contributed by atoms with Gasteiger partial charge in [0.1, 0.15) is 10.8 Å². The maximum atomic E-state index is 11.6. The molecule has 0 aromatic carbocycles. The first-order chi connectivity index (χ1) is 7.15. The number of hydrogen-bond donors (Lipinski definition) is 1. The molecule has 0 fully saturated rings. The van der Waals surface area contributed by atoms with E-state index in [-0.39, 0.29) is 16.8 Å². The van der Waals surface area contributed by atoms with Gasteiger partial charge in [0.05, 0.1) is 5.02 Å². The predicted molar refractivity (Wildman–Crippen MR) is 61.5 cm³/mol. The molecule has 82 valence electrons. The zero-order chi connectivity index (χ0) is 11.3. The Balaban J connectivity index is 2.68. The van der Waals surface area contributed by atoms with Gasteiger partial charge in [-0.2, -0.15) is 0 Å². The van der Waals surface area contributed by atoms with E-state index in [0.29, 0.717) is 11.6 Å². The molecule has 0 bridgehead atoms. The van der Waals surface area contributed by atoms with E-state index < -0.39 is 0 Å². The van der Waals surface area contributed by atoms with Crippen LogP contribution in [0, 0.1) is 0 Å². The highest BCUT2D eigenvalue weighted by Gasteiger charge is 2.11. The van der Waals surface area contributed by atoms with Crippen LogP contribution >= 0.6 is 23.2 Å². The second-order valence-electron chi connectivity index (χ2n) is 3.07. The molecule has 1 rings (SSSR count). The third kappa shape index (κ3) is 3.68. The standard InChI is InChI=1S/C10H12Cl2N2O/c1-2-3-6-13-10(15)9-7(11)4-5-8(12)14-9/h4-5H,2-3,6H2,1H3,(H,13,15). The lowest BCUT2D eigenvalue weighted by Crippen LogP contribution is -2.25. The number of aromatic nitrogens is 1. The maximum absolute atomic E-state index is 11.6. The second kappa shape index (κ2) is 5.93. The summed E-state index contributed by atoms with van der Waals surface area (Å²) in [5.74, 6) is -0.282. The molecule has 1 aromatic heterocycles. The Morgan fingerprint density at radius 3 is 2.87 bits per heavy atom. The average molecular weight is 247 g/mol. The number of pyridine rings is 1. The summed E-state index contributed by atoms with van der Waals surface area (Å²) in [6.07, 6.45) is 1.96. The highest BCUT2D eigenvalue weighted by Crippen LogP contribution is 2.16. The van der Waals surface area contributed by atoms with Crippen LogP contribution in [-0.2, 0) is 0 Å². The first-order valence-corrected chi connectivity index (χ1v) is 5.51. The summed E-state index contributed by atoms with van der Waals surface area (Å²) >= 11 is 11.5. The SMILES string of the molecule is CCCCNC(=O)c1nc(Cl)ccc1Cl. The Bertz CT molecular complexity index is 355. The van der Waals surface area contributed by atoms with Gasteiger partial charge < -0.3 is 5.32 Å². The Hall–Kier alpha value is -0.800. The van der Waals surface area contributed by atoms with Crippen molar-refractivity contribution >= 4 is 29.1 Å². The highest BCUT2D eigenvalue weighted by molar-refractivity contribution is 6.34. The van der Waals surface area contributed by atoms with Crippen molar-refractivity contribution < 1.29 is 4.79 Å². The van der Waals surface area contributed by atoms with Crippen LogP contribution < -0.4 is 5.32 Å². The molecule has 0 atom stereocenters. The Kier molecular flexibility index (Phi) is 4.85. The summed E-state index contributed by atoms with van der Waals surface area (Å²) in [4.78, 5) is 15.4. The van der Waals surface area contributed by atoms with E-state index in [1.807, 2.05) is 0 Å². The van der Waals surface area contributed by atoms with E-state index in [0.717, 1.165) is 12.8 Å². The molecule has 1 aromatic rings. The van der Waals surface area contributed by atoms with Gasteiger partial charge in [-0.25, -0.2) is 4.98 Å². The molecule has 0 saturated heterocycles. The summed E-state index contributed by atoms with van der Waals surface area (Å²) in [6, 6.07) is 3.11. The van der Waals surface area contributed by atoms with Gasteiger partial charge in [-0.3, -0.25) is 4.79 Å². The van der Waals surface area contributed by atoms with E-state index >= 15 is 0 Å². The van der Waals surface area contributed by atoms with Crippen molar-refractivity contribution in [1.29, 1.82) is 0 Å². The Labute approximate surface area is 98.8 Å². The summed E-state index contributed by atoms with van der Waals surface area (Å²) < 4.78 is 0. The third-order valence-corrected chi connectivity index (χ3v) is 2.36. The Morgan fingerprint density at radius 1 is 1.47 bits per heavy atom. The summed E-state index contributed by atoms with van der Waals surface area (Å²) in [5.41, 5.74) is 0.181. The van der Waals surface area contributed by atoms with Crippen LogP contribution in [-0.4, -0.2) is 17.4 Å². The molecule has 5 heteroatoms. The zero-order valence-corrected chi connectivity index (χ0v) is 9.90. The molecule has 1 heterocycles. The minimum atomic E-state index is -0.282. The molecule has 0 aliphatic rings. The maximum Gasteiger partial charge on any atom is 0.271 e. The lowest BCUT2D eigenvalue weighted by molar-refractivity contribution is 0.0948. The molecule has 15 heavy (non-hydrogen) atoms. The van der Waals surface area contributed by atoms with E-state index in [1.54, 1.807) is 12.1 Å². The van der Waals surface area contributed by atoms with Crippen molar-refractivity contribution in [1.82, 2.24) is 10.3 Å². The molecule has 1 N–H and O–H groups in total. The largest absolute Gasteiger partial charge is 0.351 e. The first kappa shape index (κ1) is 12.3. The lowest BCUT2D eigenvalue weighted by atomic mass is 10.3. The first-order valence-electron chi connectivity index (χ1n) is 4.75. The van der Waals surface area contributed by atoms with Crippen molar-refractivity contribution in [2.24, 2.45) is 0 Å². The fraction of sp³-hybridized carbons (Fsp3) is 0.400. The normalized spacial score (nSPS) is 10.1. The van der Waals surface area contributed by atoms with Crippen molar-refractivity contribution in [3.05, 3.63) is 28.0 Å². The number of carbonyl (C=O) groups is 1. The van der Waals surface area contributed by atoms with Crippen LogP contribution in [0.3, 0.4) is 0 Å². The third-order valence-electron chi connectivity index (χ3n) is 1.84. The van der Waals surface area contributed by atoms with Gasteiger partial charge in [0, 0.05) is 6.54 Å². The van der Waals surface area contributed by atoms with Crippen LogP contribution in [0.25, 0.3) is 0 Å². The molecule has 0 unspecified atom stereocenters. The van der Waals surface area contributed by atoms with E-state index in [9.17, 15) is 4.79 Å². The molecule has 0 spiro atoms. The van der Waals surface area contributed by atoms with Crippen LogP contribution in [0.2, 0.25) is 10.2 Å². The topological polar surface area (TPSA) is 42.0 Å². The number of hydrogen-bond acceptors (Lipinski definition) is 2. The molecular formula is C10H12Cl2N2O. The van der Waals surface area contributed by atoms with Crippen LogP contribution in [0.5, 0.6) is 0 Å². The van der Waals surface area contributed by atoms with Gasteiger partial charge in [0.15, 0.2) is 0 Å². The fourth-order valence-electron chi connectivity index (χ4n) is 1.04. The lowest BCUT2D eigenvalue weighted by Gasteiger charge is -2.05. The Morgan fingerprint density at radius 2 is 2.20 bits per heavy atom. The number of halogens is 2. The number of rotatable bonds is 4. The molecule has 0 aliphatic heterocycles. The summed E-state index contributed by atoms with van der Waals surface area (Å²) in [6.45, 7) is 2.68.